The van der Waals surface area contributed by atoms with Gasteiger partial charge in [0.05, 0.1) is 0 Å². The molecule has 0 aliphatic carbocycles. The van der Waals surface area contributed by atoms with Crippen molar-refractivity contribution in [3.05, 3.63) is 0 Å². The molecule has 0 unspecified atom stereocenters. The molecule has 0 radical (unpaired) electrons. The number of hydrogen-bond acceptors (Lipinski definition) is 3. The van der Waals surface area contributed by atoms with Crippen LogP contribution in [0.2, 0.25) is 0 Å². The molecule has 0 rings (SSSR count). The summed E-state index contributed by atoms with van der Waals surface area (Å²) in [6, 6.07) is 0. The van der Waals surface area contributed by atoms with Gasteiger partial charge < -0.3 is 10.1 Å². The summed E-state index contributed by atoms with van der Waals surface area (Å²) in [6.45, 7) is 13.8. The van der Waals surface area contributed by atoms with Crippen LogP contribution in [0.3, 0.4) is 0 Å². The number of rotatable bonds is 10. The largest absolute Gasteiger partial charge is 0.382 e. The van der Waals surface area contributed by atoms with Crippen LogP contribution in [0.1, 0.15) is 40.5 Å². The molecule has 0 aromatic rings. The van der Waals surface area contributed by atoms with Crippen LogP contribution in [0.15, 0.2) is 0 Å². The summed E-state index contributed by atoms with van der Waals surface area (Å²) in [7, 11) is 2.20. The van der Waals surface area contributed by atoms with Gasteiger partial charge in [0, 0.05) is 31.8 Å². The summed E-state index contributed by atoms with van der Waals surface area (Å²) in [6.07, 6.45) is 2.29. The summed E-state index contributed by atoms with van der Waals surface area (Å²) >= 11 is 0. The van der Waals surface area contributed by atoms with E-state index in [-0.39, 0.29) is 0 Å². The second-order valence-corrected chi connectivity index (χ2v) is 4.89. The molecule has 98 valence electrons. The lowest BCUT2D eigenvalue weighted by Crippen LogP contribution is -2.43. The van der Waals surface area contributed by atoms with Crippen LogP contribution in [-0.2, 0) is 4.74 Å². The van der Waals surface area contributed by atoms with Crippen molar-refractivity contribution in [2.45, 2.75) is 46.1 Å². The fraction of sp³-hybridized carbons (Fsp3) is 1.00. The third kappa shape index (κ3) is 7.20. The topological polar surface area (TPSA) is 24.5 Å². The number of nitrogens with one attached hydrogen (secondary N) is 1. The first-order valence-corrected chi connectivity index (χ1v) is 6.54. The standard InChI is InChI=1S/C13H30N2O/c1-6-13(3,4)15(5)11-10-14-9-8-12-16-7-2/h14H,6-12H2,1-5H3. The number of hydrogen-bond donors (Lipinski definition) is 1. The minimum atomic E-state index is 0.313. The van der Waals surface area contributed by atoms with Crippen molar-refractivity contribution in [3.63, 3.8) is 0 Å². The first-order valence-electron chi connectivity index (χ1n) is 6.54. The Hall–Kier alpha value is -0.120. The predicted molar refractivity (Wildman–Crippen MR) is 71.0 cm³/mol. The molecule has 0 heterocycles. The lowest BCUT2D eigenvalue weighted by atomic mass is 10.0. The Balaban J connectivity index is 3.38. The van der Waals surface area contributed by atoms with Gasteiger partial charge in [-0.2, -0.15) is 0 Å². The molecule has 0 atom stereocenters. The molecule has 0 aliphatic rings. The first-order chi connectivity index (χ1) is 7.54. The van der Waals surface area contributed by atoms with E-state index < -0.39 is 0 Å². The van der Waals surface area contributed by atoms with E-state index in [2.05, 4.69) is 38.0 Å². The van der Waals surface area contributed by atoms with Gasteiger partial charge in [0.25, 0.3) is 0 Å². The molecule has 3 heteroatoms. The molecular weight excluding hydrogens is 200 g/mol. The Bertz CT molecular complexity index is 160. The summed E-state index contributed by atoms with van der Waals surface area (Å²) in [5.74, 6) is 0. The molecule has 0 saturated carbocycles. The Morgan fingerprint density at radius 2 is 1.88 bits per heavy atom. The molecule has 0 aliphatic heterocycles. The fourth-order valence-corrected chi connectivity index (χ4v) is 1.39. The van der Waals surface area contributed by atoms with Crippen molar-refractivity contribution in [2.75, 3.05) is 39.9 Å². The third-order valence-electron chi connectivity index (χ3n) is 3.37. The van der Waals surface area contributed by atoms with Gasteiger partial charge in [-0.05, 0) is 47.2 Å². The van der Waals surface area contributed by atoms with Gasteiger partial charge in [0.15, 0.2) is 0 Å². The van der Waals surface area contributed by atoms with Crippen LogP contribution < -0.4 is 5.32 Å². The average Bonchev–Trinajstić information content (AvgIpc) is 2.27. The first kappa shape index (κ1) is 15.9. The minimum absolute atomic E-state index is 0.313. The zero-order chi connectivity index (χ0) is 12.4. The molecule has 0 spiro atoms. The van der Waals surface area contributed by atoms with E-state index in [9.17, 15) is 0 Å². The number of ether oxygens (including phenoxy) is 1. The lowest BCUT2D eigenvalue weighted by molar-refractivity contribution is 0.140. The highest BCUT2D eigenvalue weighted by Gasteiger charge is 2.19. The van der Waals surface area contributed by atoms with Crippen molar-refractivity contribution < 1.29 is 4.74 Å². The molecule has 0 saturated heterocycles. The molecule has 1 N–H and O–H groups in total. The van der Waals surface area contributed by atoms with Crippen LogP contribution in [0, 0.1) is 0 Å². The van der Waals surface area contributed by atoms with Crippen LogP contribution in [-0.4, -0.2) is 50.3 Å². The molecular formula is C13H30N2O. The van der Waals surface area contributed by atoms with Crippen LogP contribution in [0.25, 0.3) is 0 Å². The van der Waals surface area contributed by atoms with E-state index in [1.54, 1.807) is 0 Å². The Morgan fingerprint density at radius 1 is 1.19 bits per heavy atom. The van der Waals surface area contributed by atoms with Crippen molar-refractivity contribution in [1.29, 1.82) is 0 Å². The Morgan fingerprint density at radius 3 is 2.44 bits per heavy atom. The van der Waals surface area contributed by atoms with Gasteiger partial charge >= 0.3 is 0 Å². The quantitative estimate of drug-likeness (QED) is 0.582. The molecule has 16 heavy (non-hydrogen) atoms. The monoisotopic (exact) mass is 230 g/mol. The van der Waals surface area contributed by atoms with Crippen molar-refractivity contribution in [3.8, 4) is 0 Å². The second kappa shape index (κ2) is 8.97. The zero-order valence-electron chi connectivity index (χ0n) is 11.8. The highest BCUT2D eigenvalue weighted by atomic mass is 16.5. The van der Waals surface area contributed by atoms with E-state index in [4.69, 9.17) is 4.74 Å². The van der Waals surface area contributed by atoms with Crippen molar-refractivity contribution >= 4 is 0 Å². The molecule has 0 aromatic heterocycles. The molecule has 0 aromatic carbocycles. The van der Waals surface area contributed by atoms with E-state index >= 15 is 0 Å². The molecule has 0 amide bonds. The molecule has 3 nitrogen and oxygen atoms in total. The summed E-state index contributed by atoms with van der Waals surface area (Å²) in [5.41, 5.74) is 0.313. The fourth-order valence-electron chi connectivity index (χ4n) is 1.39. The smallest absolute Gasteiger partial charge is 0.0477 e. The van der Waals surface area contributed by atoms with Gasteiger partial charge in [-0.25, -0.2) is 0 Å². The molecule has 0 bridgehead atoms. The van der Waals surface area contributed by atoms with E-state index in [1.165, 1.54) is 6.42 Å². The lowest BCUT2D eigenvalue weighted by Gasteiger charge is -2.34. The van der Waals surface area contributed by atoms with Crippen LogP contribution >= 0.6 is 0 Å². The third-order valence-corrected chi connectivity index (χ3v) is 3.37. The van der Waals surface area contributed by atoms with Gasteiger partial charge in [0.2, 0.25) is 0 Å². The predicted octanol–water partition coefficient (Wildman–Crippen LogP) is 2.12. The highest BCUT2D eigenvalue weighted by molar-refractivity contribution is 4.77. The summed E-state index contributed by atoms with van der Waals surface area (Å²) in [4.78, 5) is 2.42. The van der Waals surface area contributed by atoms with Gasteiger partial charge in [-0.3, -0.25) is 4.90 Å². The van der Waals surface area contributed by atoms with E-state index in [0.29, 0.717) is 5.54 Å². The Labute approximate surface area is 102 Å². The number of nitrogens with zero attached hydrogens (tertiary/aromatic N) is 1. The summed E-state index contributed by atoms with van der Waals surface area (Å²) < 4.78 is 5.28. The second-order valence-electron chi connectivity index (χ2n) is 4.89. The highest BCUT2D eigenvalue weighted by Crippen LogP contribution is 2.15. The minimum Gasteiger partial charge on any atom is -0.382 e. The molecule has 0 fully saturated rings. The zero-order valence-corrected chi connectivity index (χ0v) is 11.8. The average molecular weight is 230 g/mol. The van der Waals surface area contributed by atoms with Gasteiger partial charge in [-0.1, -0.05) is 6.92 Å². The maximum atomic E-state index is 5.28. The maximum Gasteiger partial charge on any atom is 0.0477 e. The summed E-state index contributed by atoms with van der Waals surface area (Å²) in [5, 5.41) is 3.45. The normalized spacial score (nSPS) is 12.4. The number of likely N-dealkylation sites (N-methyl/N-ethyl adjacent to an activating group) is 1. The SMILES string of the molecule is CCOCCCNCCN(C)C(C)(C)CC. The van der Waals surface area contributed by atoms with Crippen LogP contribution in [0.4, 0.5) is 0 Å². The van der Waals surface area contributed by atoms with Crippen molar-refractivity contribution in [1.82, 2.24) is 10.2 Å². The van der Waals surface area contributed by atoms with Crippen molar-refractivity contribution in [2.24, 2.45) is 0 Å². The van der Waals surface area contributed by atoms with E-state index in [1.807, 2.05) is 6.92 Å². The van der Waals surface area contributed by atoms with Crippen LogP contribution in [0.5, 0.6) is 0 Å². The van der Waals surface area contributed by atoms with Gasteiger partial charge in [-0.15, -0.1) is 0 Å². The Kier molecular flexibility index (Phi) is 8.90. The maximum absolute atomic E-state index is 5.28. The van der Waals surface area contributed by atoms with Gasteiger partial charge in [0.1, 0.15) is 0 Å². The van der Waals surface area contributed by atoms with E-state index in [0.717, 1.165) is 39.3 Å².